The SMILES string of the molecule is c1ccc(N(c2ccc3oc4ccccc4c3c2)c2cccc3oc4c5ccccc5ccc4c23)c(-c2ccc3c(c2)sc2ccccc23)c1. The van der Waals surface area contributed by atoms with E-state index in [2.05, 4.69) is 157 Å². The lowest BCUT2D eigenvalue weighted by molar-refractivity contribution is 0.669. The van der Waals surface area contributed by atoms with E-state index < -0.39 is 0 Å². The standard InChI is InChI=1S/C46H27NO2S/c1-2-12-32-28(10-1)20-24-36-45-39(16-9-18-42(45)49-46(32)36)47(30-22-25-41-37(27-30)33-13-4-7-17-40(33)48-41)38-15-6-3-11-31(38)29-21-23-35-34-14-5-8-19-43(34)50-44(35)26-29/h1-27H. The van der Waals surface area contributed by atoms with E-state index in [1.165, 1.54) is 25.7 Å². The lowest BCUT2D eigenvalue weighted by atomic mass is 9.99. The number of nitrogens with zero attached hydrogens (tertiary/aromatic N) is 1. The minimum absolute atomic E-state index is 0.859. The van der Waals surface area contributed by atoms with Crippen molar-refractivity contribution in [3.05, 3.63) is 164 Å². The smallest absolute Gasteiger partial charge is 0.143 e. The van der Waals surface area contributed by atoms with Gasteiger partial charge >= 0.3 is 0 Å². The van der Waals surface area contributed by atoms with Crippen molar-refractivity contribution in [2.75, 3.05) is 4.90 Å². The van der Waals surface area contributed by atoms with Crippen LogP contribution in [0.4, 0.5) is 17.1 Å². The van der Waals surface area contributed by atoms with E-state index >= 15 is 0 Å². The van der Waals surface area contributed by atoms with Gasteiger partial charge in [0.2, 0.25) is 0 Å². The summed E-state index contributed by atoms with van der Waals surface area (Å²) in [6.07, 6.45) is 0. The molecule has 4 heteroatoms. The lowest BCUT2D eigenvalue weighted by Crippen LogP contribution is -2.11. The fourth-order valence-electron chi connectivity index (χ4n) is 7.79. The highest BCUT2D eigenvalue weighted by atomic mass is 32.1. The predicted molar refractivity (Wildman–Crippen MR) is 212 cm³/mol. The van der Waals surface area contributed by atoms with Crippen molar-refractivity contribution in [1.82, 2.24) is 0 Å². The fraction of sp³-hybridized carbons (Fsp3) is 0. The molecule has 3 nitrogen and oxygen atoms in total. The third kappa shape index (κ3) is 4.03. The zero-order chi connectivity index (χ0) is 32.8. The van der Waals surface area contributed by atoms with Crippen LogP contribution >= 0.6 is 11.3 Å². The monoisotopic (exact) mass is 657 g/mol. The molecule has 8 aromatic carbocycles. The van der Waals surface area contributed by atoms with Gasteiger partial charge in [0, 0.05) is 53.0 Å². The molecule has 0 aliphatic heterocycles. The van der Waals surface area contributed by atoms with Gasteiger partial charge in [0.1, 0.15) is 22.3 Å². The van der Waals surface area contributed by atoms with Gasteiger partial charge in [0.15, 0.2) is 0 Å². The number of fused-ring (bicyclic) bond motifs is 11. The third-order valence-electron chi connectivity index (χ3n) is 10.1. The molecule has 0 saturated carbocycles. The van der Waals surface area contributed by atoms with E-state index in [1.54, 1.807) is 0 Å². The molecule has 11 rings (SSSR count). The van der Waals surface area contributed by atoms with E-state index in [1.807, 2.05) is 23.5 Å². The molecule has 0 amide bonds. The van der Waals surface area contributed by atoms with Gasteiger partial charge in [0.05, 0.1) is 16.8 Å². The summed E-state index contributed by atoms with van der Waals surface area (Å²) < 4.78 is 15.6. The molecule has 3 heterocycles. The van der Waals surface area contributed by atoms with Crippen LogP contribution in [-0.4, -0.2) is 0 Å². The zero-order valence-electron chi connectivity index (χ0n) is 26.8. The molecule has 0 N–H and O–H groups in total. The van der Waals surface area contributed by atoms with Crippen LogP contribution in [-0.2, 0) is 0 Å². The van der Waals surface area contributed by atoms with Gasteiger partial charge in [-0.15, -0.1) is 11.3 Å². The zero-order valence-corrected chi connectivity index (χ0v) is 27.6. The first-order valence-corrected chi connectivity index (χ1v) is 17.7. The first-order valence-electron chi connectivity index (χ1n) is 16.8. The van der Waals surface area contributed by atoms with Crippen LogP contribution in [0.3, 0.4) is 0 Å². The van der Waals surface area contributed by atoms with Crippen molar-refractivity contribution < 1.29 is 8.83 Å². The van der Waals surface area contributed by atoms with Gasteiger partial charge in [-0.1, -0.05) is 103 Å². The topological polar surface area (TPSA) is 29.5 Å². The maximum atomic E-state index is 6.70. The second-order valence-corrected chi connectivity index (χ2v) is 13.9. The normalized spacial score (nSPS) is 12.0. The molecule has 11 aromatic rings. The Morgan fingerprint density at radius 2 is 1.14 bits per heavy atom. The summed E-state index contributed by atoms with van der Waals surface area (Å²) in [4.78, 5) is 2.40. The van der Waals surface area contributed by atoms with Crippen LogP contribution in [0.2, 0.25) is 0 Å². The lowest BCUT2D eigenvalue weighted by Gasteiger charge is -2.28. The molecule has 3 aromatic heterocycles. The minimum Gasteiger partial charge on any atom is -0.456 e. The Labute approximate surface area is 290 Å². The van der Waals surface area contributed by atoms with Gasteiger partial charge in [-0.2, -0.15) is 0 Å². The van der Waals surface area contributed by atoms with E-state index in [0.717, 1.165) is 77.3 Å². The van der Waals surface area contributed by atoms with Gasteiger partial charge in [0.25, 0.3) is 0 Å². The number of rotatable bonds is 4. The second kappa shape index (κ2) is 10.6. The molecular formula is C46H27NO2S. The van der Waals surface area contributed by atoms with Crippen molar-refractivity contribution in [2.45, 2.75) is 0 Å². The van der Waals surface area contributed by atoms with E-state index in [-0.39, 0.29) is 0 Å². The maximum Gasteiger partial charge on any atom is 0.143 e. The van der Waals surface area contributed by atoms with Crippen molar-refractivity contribution >= 4 is 103 Å². The molecule has 0 saturated heterocycles. The first kappa shape index (κ1) is 27.6. The summed E-state index contributed by atoms with van der Waals surface area (Å²) in [6.45, 7) is 0. The quantitative estimate of drug-likeness (QED) is 0.189. The summed E-state index contributed by atoms with van der Waals surface area (Å²) in [5.74, 6) is 0. The molecule has 50 heavy (non-hydrogen) atoms. The molecule has 234 valence electrons. The fourth-order valence-corrected chi connectivity index (χ4v) is 8.93. The Balaban J connectivity index is 1.21. The average molecular weight is 658 g/mol. The van der Waals surface area contributed by atoms with Crippen molar-refractivity contribution in [3.8, 4) is 11.1 Å². The summed E-state index contributed by atoms with van der Waals surface area (Å²) >= 11 is 1.85. The van der Waals surface area contributed by atoms with Crippen LogP contribution in [0.25, 0.3) is 85.9 Å². The Morgan fingerprint density at radius 3 is 2.10 bits per heavy atom. The summed E-state index contributed by atoms with van der Waals surface area (Å²) in [7, 11) is 0. The Morgan fingerprint density at radius 1 is 0.420 bits per heavy atom. The molecule has 0 aliphatic carbocycles. The van der Waals surface area contributed by atoms with Gasteiger partial charge < -0.3 is 13.7 Å². The maximum absolute atomic E-state index is 6.70. The number of hydrogen-bond donors (Lipinski definition) is 0. The number of anilines is 3. The summed E-state index contributed by atoms with van der Waals surface area (Å²) in [5, 5.41) is 9.24. The van der Waals surface area contributed by atoms with Gasteiger partial charge in [-0.3, -0.25) is 0 Å². The number of para-hydroxylation sites is 2. The molecule has 0 radical (unpaired) electrons. The highest BCUT2D eigenvalue weighted by molar-refractivity contribution is 7.25. The van der Waals surface area contributed by atoms with Gasteiger partial charge in [-0.25, -0.2) is 0 Å². The number of furan rings is 2. The third-order valence-corrected chi connectivity index (χ3v) is 11.2. The molecule has 0 atom stereocenters. The molecular weight excluding hydrogens is 631 g/mol. The summed E-state index contributed by atoms with van der Waals surface area (Å²) in [6, 6.07) is 58.4. The van der Waals surface area contributed by atoms with Crippen LogP contribution in [0.15, 0.2) is 173 Å². The second-order valence-electron chi connectivity index (χ2n) is 12.9. The number of benzene rings is 8. The highest BCUT2D eigenvalue weighted by Crippen LogP contribution is 2.48. The molecule has 0 fully saturated rings. The average Bonchev–Trinajstić information content (AvgIpc) is 3.86. The van der Waals surface area contributed by atoms with Crippen molar-refractivity contribution in [3.63, 3.8) is 0 Å². The molecule has 0 bridgehead atoms. The Bertz CT molecular complexity index is 3130. The van der Waals surface area contributed by atoms with Gasteiger partial charge in [-0.05, 0) is 71.6 Å². The van der Waals surface area contributed by atoms with Crippen LogP contribution < -0.4 is 4.90 Å². The Hall–Kier alpha value is -6.36. The predicted octanol–water partition coefficient (Wildman–Crippen LogP) is 14.1. The summed E-state index contributed by atoms with van der Waals surface area (Å²) in [5.41, 5.74) is 9.04. The minimum atomic E-state index is 0.859. The molecule has 0 unspecified atom stereocenters. The van der Waals surface area contributed by atoms with Crippen molar-refractivity contribution in [1.29, 1.82) is 0 Å². The van der Waals surface area contributed by atoms with Crippen molar-refractivity contribution in [2.24, 2.45) is 0 Å². The largest absolute Gasteiger partial charge is 0.456 e. The van der Waals surface area contributed by atoms with E-state index in [0.29, 0.717) is 0 Å². The van der Waals surface area contributed by atoms with Crippen LogP contribution in [0.5, 0.6) is 0 Å². The Kier molecular flexibility index (Phi) is 5.83. The van der Waals surface area contributed by atoms with E-state index in [9.17, 15) is 0 Å². The molecule has 0 spiro atoms. The molecule has 0 aliphatic rings. The number of thiophene rings is 1. The first-order chi connectivity index (χ1) is 24.8. The van der Waals surface area contributed by atoms with Crippen LogP contribution in [0, 0.1) is 0 Å². The highest BCUT2D eigenvalue weighted by Gasteiger charge is 2.23. The van der Waals surface area contributed by atoms with E-state index in [4.69, 9.17) is 8.83 Å². The van der Waals surface area contributed by atoms with Crippen LogP contribution in [0.1, 0.15) is 0 Å². The number of hydrogen-bond acceptors (Lipinski definition) is 4.